The molecule has 4 rings (SSSR count). The second kappa shape index (κ2) is 10.6. The molecule has 1 unspecified atom stereocenters. The Morgan fingerprint density at radius 2 is 1.97 bits per heavy atom. The summed E-state index contributed by atoms with van der Waals surface area (Å²) in [5, 5.41) is 8.39. The van der Waals surface area contributed by atoms with Crippen molar-refractivity contribution in [1.29, 1.82) is 0 Å². The molecule has 0 radical (unpaired) electrons. The van der Waals surface area contributed by atoms with E-state index < -0.39 is 6.03 Å². The maximum Gasteiger partial charge on any atom is 0.324 e. The van der Waals surface area contributed by atoms with Crippen LogP contribution in [0.5, 0.6) is 5.75 Å². The number of hydrogen-bond acceptors (Lipinski definition) is 6. The first kappa shape index (κ1) is 22.2. The van der Waals surface area contributed by atoms with Gasteiger partial charge in [0.25, 0.3) is 5.91 Å². The van der Waals surface area contributed by atoms with Gasteiger partial charge >= 0.3 is 6.03 Å². The van der Waals surface area contributed by atoms with Gasteiger partial charge in [-0.25, -0.2) is 9.78 Å². The van der Waals surface area contributed by atoms with Gasteiger partial charge in [0.05, 0.1) is 19.0 Å². The van der Waals surface area contributed by atoms with Gasteiger partial charge in [-0.1, -0.05) is 30.3 Å². The van der Waals surface area contributed by atoms with E-state index in [0.717, 1.165) is 26.1 Å². The highest BCUT2D eigenvalue weighted by Crippen LogP contribution is 2.26. The van der Waals surface area contributed by atoms with Crippen LogP contribution in [-0.4, -0.2) is 53.0 Å². The number of likely N-dealkylation sites (tertiary alicyclic amines) is 1. The first-order chi connectivity index (χ1) is 16.1. The van der Waals surface area contributed by atoms with Crippen molar-refractivity contribution in [2.75, 3.05) is 30.8 Å². The Bertz CT molecular complexity index is 1090. The maximum absolute atomic E-state index is 12.8. The quantitative estimate of drug-likeness (QED) is 0.515. The second-order valence-corrected chi connectivity index (χ2v) is 7.76. The Morgan fingerprint density at radius 3 is 2.73 bits per heavy atom. The van der Waals surface area contributed by atoms with E-state index in [0.29, 0.717) is 22.8 Å². The number of amides is 3. The minimum absolute atomic E-state index is 0.0859. The van der Waals surface area contributed by atoms with Crippen molar-refractivity contribution in [2.24, 2.45) is 0 Å². The normalized spacial score (nSPS) is 15.6. The number of nitrogens with one attached hydrogen (secondary N) is 3. The largest absolute Gasteiger partial charge is 0.495 e. The molecule has 9 heteroatoms. The van der Waals surface area contributed by atoms with Crippen molar-refractivity contribution in [2.45, 2.75) is 19.0 Å². The van der Waals surface area contributed by atoms with Crippen LogP contribution in [0.15, 0.2) is 67.1 Å². The second-order valence-electron chi connectivity index (χ2n) is 7.76. The lowest BCUT2D eigenvalue weighted by Gasteiger charge is -2.17. The first-order valence-corrected chi connectivity index (χ1v) is 10.7. The molecule has 1 aromatic heterocycles. The van der Waals surface area contributed by atoms with Crippen molar-refractivity contribution in [3.8, 4) is 5.75 Å². The number of methoxy groups -OCH3 is 1. The molecule has 2 aromatic carbocycles. The molecule has 3 aromatic rings. The molecule has 170 valence electrons. The van der Waals surface area contributed by atoms with Gasteiger partial charge in [-0.15, -0.1) is 0 Å². The van der Waals surface area contributed by atoms with E-state index in [4.69, 9.17) is 4.74 Å². The molecule has 1 aliphatic rings. The lowest BCUT2D eigenvalue weighted by Crippen LogP contribution is -2.37. The number of nitrogens with zero attached hydrogens (tertiary/aromatic N) is 3. The minimum Gasteiger partial charge on any atom is -0.495 e. The number of aromatic nitrogens is 2. The molecule has 0 spiro atoms. The zero-order valence-electron chi connectivity index (χ0n) is 18.3. The SMILES string of the molecule is COc1cc(C(=O)NC2CCN(Cc3ccccc3)C2)ccc1NC(=O)Nc1cnccn1. The van der Waals surface area contributed by atoms with Gasteiger partial charge in [0.2, 0.25) is 0 Å². The predicted molar refractivity (Wildman–Crippen MR) is 125 cm³/mol. The zero-order valence-corrected chi connectivity index (χ0v) is 18.3. The van der Waals surface area contributed by atoms with Crippen molar-refractivity contribution < 1.29 is 14.3 Å². The molecule has 2 heterocycles. The Morgan fingerprint density at radius 1 is 1.12 bits per heavy atom. The van der Waals surface area contributed by atoms with Crippen molar-refractivity contribution >= 4 is 23.4 Å². The van der Waals surface area contributed by atoms with Crippen molar-refractivity contribution in [3.63, 3.8) is 0 Å². The third-order valence-electron chi connectivity index (χ3n) is 5.37. The number of benzene rings is 2. The van der Waals surface area contributed by atoms with Crippen molar-refractivity contribution in [1.82, 2.24) is 20.2 Å². The van der Waals surface area contributed by atoms with Gasteiger partial charge in [-0.2, -0.15) is 0 Å². The summed E-state index contributed by atoms with van der Waals surface area (Å²) < 4.78 is 5.38. The van der Waals surface area contributed by atoms with Gasteiger partial charge < -0.3 is 15.4 Å². The van der Waals surface area contributed by atoms with E-state index in [2.05, 4.69) is 43.0 Å². The monoisotopic (exact) mass is 446 g/mol. The maximum atomic E-state index is 12.8. The highest BCUT2D eigenvalue weighted by molar-refractivity contribution is 6.01. The Balaban J connectivity index is 1.33. The average molecular weight is 447 g/mol. The van der Waals surface area contributed by atoms with Crippen LogP contribution in [0.3, 0.4) is 0 Å². The highest BCUT2D eigenvalue weighted by atomic mass is 16.5. The van der Waals surface area contributed by atoms with Crippen LogP contribution < -0.4 is 20.7 Å². The summed E-state index contributed by atoms with van der Waals surface area (Å²) >= 11 is 0. The van der Waals surface area contributed by atoms with Crippen LogP contribution >= 0.6 is 0 Å². The fourth-order valence-corrected chi connectivity index (χ4v) is 3.77. The average Bonchev–Trinajstić information content (AvgIpc) is 3.27. The highest BCUT2D eigenvalue weighted by Gasteiger charge is 2.24. The summed E-state index contributed by atoms with van der Waals surface area (Å²) in [5.41, 5.74) is 2.17. The van der Waals surface area contributed by atoms with Crippen LogP contribution in [0, 0.1) is 0 Å². The summed E-state index contributed by atoms with van der Waals surface area (Å²) in [6, 6.07) is 14.8. The van der Waals surface area contributed by atoms with Gasteiger partial charge in [0, 0.05) is 43.6 Å². The Hall–Kier alpha value is -3.98. The van der Waals surface area contributed by atoms with Crippen molar-refractivity contribution in [3.05, 3.63) is 78.2 Å². The molecule has 0 saturated carbocycles. The van der Waals surface area contributed by atoms with Crippen LogP contribution in [0.1, 0.15) is 22.3 Å². The number of anilines is 2. The summed E-state index contributed by atoms with van der Waals surface area (Å²) in [6.45, 7) is 2.62. The van der Waals surface area contributed by atoms with E-state index in [1.54, 1.807) is 18.2 Å². The summed E-state index contributed by atoms with van der Waals surface area (Å²) in [4.78, 5) is 35.3. The van der Waals surface area contributed by atoms with E-state index in [9.17, 15) is 9.59 Å². The summed E-state index contributed by atoms with van der Waals surface area (Å²) in [7, 11) is 1.49. The lowest BCUT2D eigenvalue weighted by molar-refractivity contribution is 0.0937. The Labute approximate surface area is 192 Å². The van der Waals surface area contributed by atoms with Gasteiger partial charge in [-0.05, 0) is 30.2 Å². The molecular formula is C24H26N6O3. The standard InChI is InChI=1S/C24H26N6O3/c1-33-21-13-18(7-8-20(21)28-24(32)29-22-14-25-10-11-26-22)23(31)27-19-9-12-30(16-19)15-17-5-3-2-4-6-17/h2-8,10-11,13-14,19H,9,12,15-16H2,1H3,(H,27,31)(H2,26,28,29,32). The van der Waals surface area contributed by atoms with E-state index in [1.807, 2.05) is 18.2 Å². The molecule has 9 nitrogen and oxygen atoms in total. The molecule has 1 aliphatic heterocycles. The van der Waals surface area contributed by atoms with Crippen LogP contribution in [-0.2, 0) is 6.54 Å². The first-order valence-electron chi connectivity index (χ1n) is 10.7. The fourth-order valence-electron chi connectivity index (χ4n) is 3.77. The molecule has 0 aliphatic carbocycles. The third kappa shape index (κ3) is 6.05. The summed E-state index contributed by atoms with van der Waals surface area (Å²) in [6.07, 6.45) is 5.34. The van der Waals surface area contributed by atoms with Gasteiger partial charge in [-0.3, -0.25) is 20.0 Å². The number of ether oxygens (including phenoxy) is 1. The molecule has 33 heavy (non-hydrogen) atoms. The van der Waals surface area contributed by atoms with E-state index in [1.165, 1.54) is 31.3 Å². The summed E-state index contributed by atoms with van der Waals surface area (Å²) in [5.74, 6) is 0.535. The molecule has 3 N–H and O–H groups in total. The minimum atomic E-state index is -0.490. The van der Waals surface area contributed by atoms with Gasteiger partial charge in [0.15, 0.2) is 5.82 Å². The molecular weight excluding hydrogens is 420 g/mol. The Kier molecular flexibility index (Phi) is 7.11. The van der Waals surface area contributed by atoms with Crippen LogP contribution in [0.4, 0.5) is 16.3 Å². The molecule has 1 fully saturated rings. The lowest BCUT2D eigenvalue weighted by atomic mass is 10.1. The molecule has 1 saturated heterocycles. The molecule has 0 bridgehead atoms. The fraction of sp³-hybridized carbons (Fsp3) is 0.250. The molecule has 3 amide bonds. The third-order valence-corrected chi connectivity index (χ3v) is 5.37. The van der Waals surface area contributed by atoms with E-state index >= 15 is 0 Å². The van der Waals surface area contributed by atoms with E-state index in [-0.39, 0.29) is 11.9 Å². The van der Waals surface area contributed by atoms with Crippen LogP contribution in [0.25, 0.3) is 0 Å². The number of rotatable bonds is 7. The zero-order chi connectivity index (χ0) is 23.0. The van der Waals surface area contributed by atoms with Crippen LogP contribution in [0.2, 0.25) is 0 Å². The molecule has 1 atom stereocenters. The number of carbonyl (C=O) groups is 2. The smallest absolute Gasteiger partial charge is 0.324 e. The predicted octanol–water partition coefficient (Wildman–Crippen LogP) is 3.13. The van der Waals surface area contributed by atoms with Gasteiger partial charge in [0.1, 0.15) is 5.75 Å². The number of urea groups is 1. The number of hydrogen-bond donors (Lipinski definition) is 3. The topological polar surface area (TPSA) is 108 Å². The number of carbonyl (C=O) groups excluding carboxylic acids is 2.